The molecule has 4 aromatic heterocycles. The lowest BCUT2D eigenvalue weighted by atomic mass is 10.0. The highest BCUT2D eigenvalue weighted by Crippen LogP contribution is 2.36. The van der Waals surface area contributed by atoms with E-state index in [1.165, 1.54) is 26.3 Å². The monoisotopic (exact) mass is 411 g/mol. The number of fused-ring (bicyclic) bond motifs is 2. The quantitative estimate of drug-likeness (QED) is 0.366. The number of pyridine rings is 1. The molecule has 0 atom stereocenters. The summed E-state index contributed by atoms with van der Waals surface area (Å²) >= 11 is 1.82. The van der Waals surface area contributed by atoms with Crippen LogP contribution in [0.1, 0.15) is 17.0 Å². The second kappa shape index (κ2) is 6.93. The third-order valence-corrected chi connectivity index (χ3v) is 6.76. The van der Waals surface area contributed by atoms with Crippen LogP contribution in [0.3, 0.4) is 0 Å². The number of rotatable bonds is 3. The van der Waals surface area contributed by atoms with Crippen LogP contribution in [0.25, 0.3) is 49.3 Å². The SMILES string of the molecule is Cc1ccc(-c2cccc3[nH]c(-c4n[nH]c5ccc(C6=CCNCC6)nc45)cc23)s1. The van der Waals surface area contributed by atoms with Crippen molar-refractivity contribution in [3.63, 3.8) is 0 Å². The zero-order chi connectivity index (χ0) is 20.1. The minimum absolute atomic E-state index is 0.867. The van der Waals surface area contributed by atoms with Gasteiger partial charge in [-0.1, -0.05) is 18.2 Å². The van der Waals surface area contributed by atoms with E-state index in [0.717, 1.165) is 53.1 Å². The van der Waals surface area contributed by atoms with Crippen molar-refractivity contribution in [2.45, 2.75) is 13.3 Å². The number of hydrogen-bond acceptors (Lipinski definition) is 4. The first-order valence-corrected chi connectivity index (χ1v) is 11.0. The standard InChI is InChI=1S/C24H21N5S/c1-14-5-8-22(30-14)16-3-2-4-19-17(16)13-21(26-19)24-23-20(28-29-24)7-6-18(27-23)15-9-11-25-12-10-15/h2-9,13,25-26H,10-12H2,1H3,(H,28,29). The lowest BCUT2D eigenvalue weighted by molar-refractivity contribution is 0.737. The fourth-order valence-electron chi connectivity index (χ4n) is 4.20. The van der Waals surface area contributed by atoms with Crippen LogP contribution in [-0.2, 0) is 0 Å². The summed E-state index contributed by atoms with van der Waals surface area (Å²) in [6, 6.07) is 17.2. The number of aromatic nitrogens is 4. The molecular formula is C24H21N5S. The Kier molecular flexibility index (Phi) is 4.07. The van der Waals surface area contributed by atoms with Crippen molar-refractivity contribution in [3.05, 3.63) is 65.2 Å². The number of benzene rings is 1. The average Bonchev–Trinajstić information content (AvgIpc) is 3.51. The molecule has 148 valence electrons. The van der Waals surface area contributed by atoms with Gasteiger partial charge in [-0.25, -0.2) is 4.98 Å². The summed E-state index contributed by atoms with van der Waals surface area (Å²) in [7, 11) is 0. The maximum absolute atomic E-state index is 4.98. The first-order chi connectivity index (χ1) is 14.8. The van der Waals surface area contributed by atoms with Crippen molar-refractivity contribution in [3.8, 4) is 21.8 Å². The van der Waals surface area contributed by atoms with Crippen molar-refractivity contribution >= 4 is 38.8 Å². The summed E-state index contributed by atoms with van der Waals surface area (Å²) in [5, 5.41) is 12.3. The number of aryl methyl sites for hydroxylation is 1. The molecule has 0 spiro atoms. The fourth-order valence-corrected chi connectivity index (χ4v) is 5.10. The van der Waals surface area contributed by atoms with Crippen LogP contribution in [0, 0.1) is 6.92 Å². The molecule has 1 aliphatic rings. The summed E-state index contributed by atoms with van der Waals surface area (Å²) < 4.78 is 0. The molecule has 0 amide bonds. The van der Waals surface area contributed by atoms with Gasteiger partial charge in [0, 0.05) is 32.8 Å². The van der Waals surface area contributed by atoms with Crippen LogP contribution in [0.15, 0.2) is 54.6 Å². The highest BCUT2D eigenvalue weighted by Gasteiger charge is 2.16. The zero-order valence-corrected chi connectivity index (χ0v) is 17.4. The average molecular weight is 412 g/mol. The Hall–Kier alpha value is -3.22. The maximum atomic E-state index is 4.98. The molecule has 6 rings (SSSR count). The van der Waals surface area contributed by atoms with E-state index in [0.29, 0.717) is 0 Å². The predicted octanol–water partition coefficient (Wildman–Crippen LogP) is 5.52. The van der Waals surface area contributed by atoms with E-state index in [1.54, 1.807) is 0 Å². The molecule has 1 aromatic carbocycles. The zero-order valence-electron chi connectivity index (χ0n) is 16.6. The largest absolute Gasteiger partial charge is 0.353 e. The molecule has 30 heavy (non-hydrogen) atoms. The lowest BCUT2D eigenvalue weighted by Crippen LogP contribution is -2.20. The van der Waals surface area contributed by atoms with E-state index in [9.17, 15) is 0 Å². The summed E-state index contributed by atoms with van der Waals surface area (Å²) in [5.41, 5.74) is 8.42. The van der Waals surface area contributed by atoms with Gasteiger partial charge in [-0.2, -0.15) is 5.10 Å². The van der Waals surface area contributed by atoms with Crippen LogP contribution in [0.5, 0.6) is 0 Å². The van der Waals surface area contributed by atoms with Crippen LogP contribution >= 0.6 is 11.3 Å². The van der Waals surface area contributed by atoms with Gasteiger partial charge >= 0.3 is 0 Å². The Morgan fingerprint density at radius 2 is 2.00 bits per heavy atom. The van der Waals surface area contributed by atoms with Crippen molar-refractivity contribution in [2.75, 3.05) is 13.1 Å². The van der Waals surface area contributed by atoms with E-state index in [4.69, 9.17) is 4.98 Å². The predicted molar refractivity (Wildman–Crippen MR) is 125 cm³/mol. The lowest BCUT2D eigenvalue weighted by Gasteiger charge is -2.13. The molecule has 5 aromatic rings. The smallest absolute Gasteiger partial charge is 0.135 e. The highest BCUT2D eigenvalue weighted by atomic mass is 32.1. The molecule has 1 aliphatic heterocycles. The normalized spacial score (nSPS) is 14.5. The maximum Gasteiger partial charge on any atom is 0.135 e. The van der Waals surface area contributed by atoms with Crippen LogP contribution in [0.4, 0.5) is 0 Å². The summed E-state index contributed by atoms with van der Waals surface area (Å²) in [6.45, 7) is 4.05. The van der Waals surface area contributed by atoms with Gasteiger partial charge in [-0.15, -0.1) is 11.3 Å². The topological polar surface area (TPSA) is 69.4 Å². The second-order valence-corrected chi connectivity index (χ2v) is 9.00. The molecule has 0 radical (unpaired) electrons. The highest BCUT2D eigenvalue weighted by molar-refractivity contribution is 7.15. The number of hydrogen-bond donors (Lipinski definition) is 3. The van der Waals surface area contributed by atoms with Gasteiger partial charge in [0.05, 0.1) is 16.9 Å². The summed E-state index contributed by atoms with van der Waals surface area (Å²) in [4.78, 5) is 11.2. The minimum Gasteiger partial charge on any atom is -0.353 e. The first-order valence-electron chi connectivity index (χ1n) is 10.2. The number of aromatic amines is 2. The molecule has 0 aliphatic carbocycles. The Morgan fingerprint density at radius 3 is 2.83 bits per heavy atom. The first kappa shape index (κ1) is 17.6. The molecule has 0 bridgehead atoms. The van der Waals surface area contributed by atoms with E-state index in [-0.39, 0.29) is 0 Å². The number of thiophene rings is 1. The van der Waals surface area contributed by atoms with Gasteiger partial charge in [-0.3, -0.25) is 5.10 Å². The molecule has 5 heterocycles. The second-order valence-electron chi connectivity index (χ2n) is 7.71. The van der Waals surface area contributed by atoms with E-state index in [2.05, 4.69) is 82.0 Å². The fraction of sp³-hybridized carbons (Fsp3) is 0.167. The van der Waals surface area contributed by atoms with E-state index in [1.807, 2.05) is 11.3 Å². The van der Waals surface area contributed by atoms with Crippen LogP contribution < -0.4 is 5.32 Å². The van der Waals surface area contributed by atoms with E-state index >= 15 is 0 Å². The third kappa shape index (κ3) is 2.88. The number of H-pyrrole nitrogens is 2. The van der Waals surface area contributed by atoms with Gasteiger partial charge in [0.1, 0.15) is 11.2 Å². The molecule has 0 saturated heterocycles. The molecule has 6 heteroatoms. The summed E-state index contributed by atoms with van der Waals surface area (Å²) in [6.07, 6.45) is 3.23. The molecule has 0 unspecified atom stereocenters. The molecule has 0 fully saturated rings. The molecule has 3 N–H and O–H groups in total. The molecule has 5 nitrogen and oxygen atoms in total. The van der Waals surface area contributed by atoms with Crippen LogP contribution in [0.2, 0.25) is 0 Å². The Morgan fingerprint density at radius 1 is 1.03 bits per heavy atom. The van der Waals surface area contributed by atoms with Crippen molar-refractivity contribution in [2.24, 2.45) is 0 Å². The van der Waals surface area contributed by atoms with Gasteiger partial charge in [0.2, 0.25) is 0 Å². The van der Waals surface area contributed by atoms with Gasteiger partial charge in [-0.05, 0) is 61.9 Å². The molecule has 0 saturated carbocycles. The third-order valence-electron chi connectivity index (χ3n) is 5.73. The van der Waals surface area contributed by atoms with Gasteiger partial charge in [0.15, 0.2) is 0 Å². The number of nitrogens with zero attached hydrogens (tertiary/aromatic N) is 2. The molecular weight excluding hydrogens is 390 g/mol. The van der Waals surface area contributed by atoms with Crippen molar-refractivity contribution in [1.82, 2.24) is 25.5 Å². The number of nitrogens with one attached hydrogen (secondary N) is 3. The van der Waals surface area contributed by atoms with Crippen molar-refractivity contribution in [1.29, 1.82) is 0 Å². The van der Waals surface area contributed by atoms with Gasteiger partial charge in [0.25, 0.3) is 0 Å². The summed E-state index contributed by atoms with van der Waals surface area (Å²) in [5.74, 6) is 0. The Bertz CT molecular complexity index is 1420. The Labute approximate surface area is 177 Å². The van der Waals surface area contributed by atoms with Gasteiger partial charge < -0.3 is 10.3 Å². The van der Waals surface area contributed by atoms with E-state index < -0.39 is 0 Å². The Balaban J connectivity index is 1.49. The minimum atomic E-state index is 0.867. The van der Waals surface area contributed by atoms with Crippen molar-refractivity contribution < 1.29 is 0 Å². The van der Waals surface area contributed by atoms with Crippen LogP contribution in [-0.4, -0.2) is 33.3 Å².